The standard InChI is InChI=1S/C11H18FNO/c1-9(12)10(14)13-7-4-5-11(2,3)6-8-13/h1,4-8H2,2-3H3. The molecule has 0 spiro atoms. The zero-order valence-electron chi connectivity index (χ0n) is 8.98. The van der Waals surface area contributed by atoms with Crippen molar-refractivity contribution in [2.45, 2.75) is 33.1 Å². The Morgan fingerprint density at radius 2 is 2.00 bits per heavy atom. The molecule has 0 saturated carbocycles. The number of rotatable bonds is 1. The van der Waals surface area contributed by atoms with Crippen molar-refractivity contribution in [3.05, 3.63) is 12.4 Å². The van der Waals surface area contributed by atoms with Crippen LogP contribution in [-0.2, 0) is 4.79 Å². The first-order valence-electron chi connectivity index (χ1n) is 5.06. The van der Waals surface area contributed by atoms with Gasteiger partial charge < -0.3 is 4.90 Å². The van der Waals surface area contributed by atoms with Crippen molar-refractivity contribution < 1.29 is 9.18 Å². The zero-order valence-corrected chi connectivity index (χ0v) is 8.98. The van der Waals surface area contributed by atoms with Gasteiger partial charge in [-0.3, -0.25) is 4.79 Å². The number of nitrogens with zero attached hydrogens (tertiary/aromatic N) is 1. The van der Waals surface area contributed by atoms with Gasteiger partial charge in [0.05, 0.1) is 0 Å². The van der Waals surface area contributed by atoms with Gasteiger partial charge in [0, 0.05) is 13.1 Å². The van der Waals surface area contributed by atoms with E-state index in [9.17, 15) is 9.18 Å². The fourth-order valence-corrected chi connectivity index (χ4v) is 1.80. The number of carbonyl (C=O) groups is 1. The fourth-order valence-electron chi connectivity index (χ4n) is 1.80. The third kappa shape index (κ3) is 2.82. The molecule has 1 fully saturated rings. The van der Waals surface area contributed by atoms with Crippen molar-refractivity contribution in [2.24, 2.45) is 5.41 Å². The normalized spacial score (nSPS) is 21.5. The predicted molar refractivity (Wildman–Crippen MR) is 54.5 cm³/mol. The van der Waals surface area contributed by atoms with Gasteiger partial charge in [0.25, 0.3) is 5.91 Å². The molecule has 1 rings (SSSR count). The van der Waals surface area contributed by atoms with Crippen LogP contribution in [0.3, 0.4) is 0 Å². The summed E-state index contributed by atoms with van der Waals surface area (Å²) in [6.07, 6.45) is 2.98. The summed E-state index contributed by atoms with van der Waals surface area (Å²) >= 11 is 0. The highest BCUT2D eigenvalue weighted by molar-refractivity contribution is 5.90. The molecular weight excluding hydrogens is 181 g/mol. The molecule has 1 heterocycles. The molecule has 0 unspecified atom stereocenters. The van der Waals surface area contributed by atoms with Gasteiger partial charge in [0.15, 0.2) is 5.83 Å². The van der Waals surface area contributed by atoms with Crippen LogP contribution in [-0.4, -0.2) is 23.9 Å². The van der Waals surface area contributed by atoms with E-state index in [1.54, 1.807) is 4.90 Å². The van der Waals surface area contributed by atoms with Crippen molar-refractivity contribution in [1.29, 1.82) is 0 Å². The van der Waals surface area contributed by atoms with Crippen molar-refractivity contribution >= 4 is 5.91 Å². The quantitative estimate of drug-likeness (QED) is 0.594. The van der Waals surface area contributed by atoms with Crippen LogP contribution in [0.2, 0.25) is 0 Å². The summed E-state index contributed by atoms with van der Waals surface area (Å²) in [5.41, 5.74) is 0.271. The first-order chi connectivity index (χ1) is 6.42. The maximum absolute atomic E-state index is 12.6. The van der Waals surface area contributed by atoms with Crippen molar-refractivity contribution in [3.63, 3.8) is 0 Å². The van der Waals surface area contributed by atoms with Gasteiger partial charge >= 0.3 is 0 Å². The van der Waals surface area contributed by atoms with Crippen molar-refractivity contribution in [3.8, 4) is 0 Å². The smallest absolute Gasteiger partial charge is 0.281 e. The molecule has 1 amide bonds. The van der Waals surface area contributed by atoms with Crippen LogP contribution in [0.4, 0.5) is 4.39 Å². The molecule has 1 aliphatic rings. The Kier molecular flexibility index (Phi) is 3.29. The maximum Gasteiger partial charge on any atom is 0.281 e. The summed E-state index contributed by atoms with van der Waals surface area (Å²) in [6.45, 7) is 8.72. The average Bonchev–Trinajstić information content (AvgIpc) is 2.25. The minimum atomic E-state index is -0.843. The zero-order chi connectivity index (χ0) is 10.8. The first-order valence-corrected chi connectivity index (χ1v) is 5.06. The second kappa shape index (κ2) is 4.11. The van der Waals surface area contributed by atoms with Gasteiger partial charge in [0.2, 0.25) is 0 Å². The molecule has 0 N–H and O–H groups in total. The summed E-state index contributed by atoms with van der Waals surface area (Å²) in [6, 6.07) is 0. The second-order valence-corrected chi connectivity index (χ2v) is 4.71. The molecule has 0 aromatic carbocycles. The Hall–Kier alpha value is -0.860. The Labute approximate surface area is 84.8 Å². The first kappa shape index (κ1) is 11.2. The topological polar surface area (TPSA) is 20.3 Å². The maximum atomic E-state index is 12.6. The number of likely N-dealkylation sites (tertiary alicyclic amines) is 1. The predicted octanol–water partition coefficient (Wildman–Crippen LogP) is 2.51. The van der Waals surface area contributed by atoms with Gasteiger partial charge in [-0.05, 0) is 24.7 Å². The molecule has 3 heteroatoms. The average molecular weight is 199 g/mol. The molecule has 0 atom stereocenters. The van der Waals surface area contributed by atoms with E-state index in [-0.39, 0.29) is 5.41 Å². The van der Waals surface area contributed by atoms with E-state index < -0.39 is 11.7 Å². The third-order valence-electron chi connectivity index (χ3n) is 2.86. The van der Waals surface area contributed by atoms with Gasteiger partial charge in [-0.25, -0.2) is 4.39 Å². The Bertz CT molecular complexity index is 248. The highest BCUT2D eigenvalue weighted by atomic mass is 19.1. The fraction of sp³-hybridized carbons (Fsp3) is 0.727. The van der Waals surface area contributed by atoms with Crippen molar-refractivity contribution in [1.82, 2.24) is 4.90 Å². The molecule has 0 aromatic rings. The van der Waals surface area contributed by atoms with Crippen LogP contribution < -0.4 is 0 Å². The van der Waals surface area contributed by atoms with E-state index >= 15 is 0 Å². The molecule has 80 valence electrons. The Balaban J connectivity index is 2.58. The minimum Gasteiger partial charge on any atom is -0.337 e. The van der Waals surface area contributed by atoms with Gasteiger partial charge in [-0.2, -0.15) is 0 Å². The number of carbonyl (C=O) groups excluding carboxylic acids is 1. The van der Waals surface area contributed by atoms with Crippen LogP contribution >= 0.6 is 0 Å². The third-order valence-corrected chi connectivity index (χ3v) is 2.86. The van der Waals surface area contributed by atoms with Crippen LogP contribution in [0.5, 0.6) is 0 Å². The highest BCUT2D eigenvalue weighted by Crippen LogP contribution is 2.30. The van der Waals surface area contributed by atoms with Crippen LogP contribution in [0, 0.1) is 5.41 Å². The summed E-state index contributed by atoms with van der Waals surface area (Å²) in [7, 11) is 0. The second-order valence-electron chi connectivity index (χ2n) is 4.71. The summed E-state index contributed by atoms with van der Waals surface area (Å²) in [5.74, 6) is -1.38. The number of halogens is 1. The van der Waals surface area contributed by atoms with E-state index in [1.807, 2.05) is 0 Å². The molecule has 2 nitrogen and oxygen atoms in total. The number of amides is 1. The lowest BCUT2D eigenvalue weighted by atomic mass is 9.85. The molecule has 1 aliphatic heterocycles. The largest absolute Gasteiger partial charge is 0.337 e. The van der Waals surface area contributed by atoms with Crippen LogP contribution in [0.15, 0.2) is 12.4 Å². The minimum absolute atomic E-state index is 0.271. The number of hydrogen-bond donors (Lipinski definition) is 0. The summed E-state index contributed by atoms with van der Waals surface area (Å²) in [5, 5.41) is 0. The van der Waals surface area contributed by atoms with E-state index in [4.69, 9.17) is 0 Å². The monoisotopic (exact) mass is 199 g/mol. The molecule has 0 radical (unpaired) electrons. The van der Waals surface area contributed by atoms with Crippen molar-refractivity contribution in [2.75, 3.05) is 13.1 Å². The van der Waals surface area contributed by atoms with E-state index in [1.165, 1.54) is 0 Å². The van der Waals surface area contributed by atoms with E-state index in [2.05, 4.69) is 20.4 Å². The molecule has 0 bridgehead atoms. The van der Waals surface area contributed by atoms with Gasteiger partial charge in [-0.1, -0.05) is 20.4 Å². The lowest BCUT2D eigenvalue weighted by Crippen LogP contribution is -2.32. The number of hydrogen-bond acceptors (Lipinski definition) is 1. The lowest BCUT2D eigenvalue weighted by molar-refractivity contribution is -0.128. The Morgan fingerprint density at radius 3 is 2.57 bits per heavy atom. The molecule has 0 aliphatic carbocycles. The summed E-state index contributed by atoms with van der Waals surface area (Å²) < 4.78 is 12.6. The summed E-state index contributed by atoms with van der Waals surface area (Å²) in [4.78, 5) is 12.9. The molecule has 1 saturated heterocycles. The SMILES string of the molecule is C=C(F)C(=O)N1CCCC(C)(C)CC1. The molecule has 14 heavy (non-hydrogen) atoms. The highest BCUT2D eigenvalue weighted by Gasteiger charge is 2.26. The van der Waals surface area contributed by atoms with E-state index in [0.29, 0.717) is 13.1 Å². The molecule has 0 aromatic heterocycles. The van der Waals surface area contributed by atoms with Gasteiger partial charge in [-0.15, -0.1) is 0 Å². The van der Waals surface area contributed by atoms with E-state index in [0.717, 1.165) is 19.3 Å². The molecular formula is C11H18FNO. The lowest BCUT2D eigenvalue weighted by Gasteiger charge is -2.22. The van der Waals surface area contributed by atoms with Crippen LogP contribution in [0.1, 0.15) is 33.1 Å². The van der Waals surface area contributed by atoms with Crippen LogP contribution in [0.25, 0.3) is 0 Å². The van der Waals surface area contributed by atoms with Gasteiger partial charge in [0.1, 0.15) is 0 Å². The Morgan fingerprint density at radius 1 is 1.36 bits per heavy atom.